The molecule has 5 heteroatoms. The molecule has 16 heavy (non-hydrogen) atoms. The zero-order valence-electron chi connectivity index (χ0n) is 9.74. The van der Waals surface area contributed by atoms with Gasteiger partial charge in [-0.2, -0.15) is 4.98 Å². The molecule has 0 spiro atoms. The Bertz CT molecular complexity index is 328. The van der Waals surface area contributed by atoms with E-state index in [1.807, 2.05) is 0 Å². The monoisotopic (exact) mass is 225 g/mol. The third-order valence-electron chi connectivity index (χ3n) is 3.20. The first-order valence-corrected chi connectivity index (χ1v) is 5.91. The summed E-state index contributed by atoms with van der Waals surface area (Å²) in [5.41, 5.74) is 5.73. The van der Waals surface area contributed by atoms with Gasteiger partial charge in [-0.1, -0.05) is 18.5 Å². The molecule has 1 aromatic rings. The Morgan fingerprint density at radius 1 is 1.50 bits per heavy atom. The van der Waals surface area contributed by atoms with Crippen molar-refractivity contribution in [2.45, 2.75) is 44.6 Å². The Kier molecular flexibility index (Phi) is 3.56. The summed E-state index contributed by atoms with van der Waals surface area (Å²) in [5, 5.41) is 3.92. The second-order valence-electron chi connectivity index (χ2n) is 4.41. The average Bonchev–Trinajstić information content (AvgIpc) is 2.67. The van der Waals surface area contributed by atoms with Crippen LogP contribution in [0.2, 0.25) is 0 Å². The molecule has 2 rings (SSSR count). The van der Waals surface area contributed by atoms with Gasteiger partial charge >= 0.3 is 0 Å². The van der Waals surface area contributed by atoms with Crippen molar-refractivity contribution in [3.05, 3.63) is 11.7 Å². The van der Waals surface area contributed by atoms with Gasteiger partial charge in [-0.3, -0.25) is 0 Å². The third kappa shape index (κ3) is 2.10. The van der Waals surface area contributed by atoms with Crippen molar-refractivity contribution < 1.29 is 9.26 Å². The second kappa shape index (κ2) is 4.93. The molecule has 2 N–H and O–H groups in total. The van der Waals surface area contributed by atoms with Gasteiger partial charge < -0.3 is 15.0 Å². The first-order valence-electron chi connectivity index (χ1n) is 5.91. The van der Waals surface area contributed by atoms with Crippen molar-refractivity contribution in [2.24, 2.45) is 5.73 Å². The number of rotatable bonds is 6. The van der Waals surface area contributed by atoms with E-state index in [1.165, 1.54) is 6.42 Å². The van der Waals surface area contributed by atoms with Crippen LogP contribution in [0.1, 0.15) is 44.3 Å². The Morgan fingerprint density at radius 2 is 2.31 bits per heavy atom. The van der Waals surface area contributed by atoms with Crippen molar-refractivity contribution in [1.29, 1.82) is 0 Å². The zero-order valence-corrected chi connectivity index (χ0v) is 9.74. The van der Waals surface area contributed by atoms with Gasteiger partial charge in [0.1, 0.15) is 6.61 Å². The summed E-state index contributed by atoms with van der Waals surface area (Å²) in [6, 6.07) is 0. The van der Waals surface area contributed by atoms with E-state index in [-0.39, 0.29) is 5.41 Å². The van der Waals surface area contributed by atoms with Gasteiger partial charge in [0, 0.05) is 13.2 Å². The Labute approximate surface area is 95.3 Å². The molecule has 1 aliphatic rings. The van der Waals surface area contributed by atoms with Crippen LogP contribution in [0.4, 0.5) is 0 Å². The lowest BCUT2D eigenvalue weighted by Gasteiger charge is -2.36. The molecule has 1 aromatic heterocycles. The summed E-state index contributed by atoms with van der Waals surface area (Å²) >= 11 is 0. The molecule has 0 radical (unpaired) electrons. The van der Waals surface area contributed by atoms with Crippen molar-refractivity contribution in [3.63, 3.8) is 0 Å². The van der Waals surface area contributed by atoms with Crippen LogP contribution >= 0.6 is 0 Å². The maximum atomic E-state index is 5.77. The van der Waals surface area contributed by atoms with E-state index in [9.17, 15) is 0 Å². The number of ether oxygens (including phenoxy) is 1. The van der Waals surface area contributed by atoms with Gasteiger partial charge in [0.05, 0.1) is 5.41 Å². The standard InChI is InChI=1S/C11H19N3O2/c1-2-6-15-7-9-13-10(16-14-9)11(8-12)4-3-5-11/h2-8,12H2,1H3. The summed E-state index contributed by atoms with van der Waals surface area (Å²) in [5.74, 6) is 1.32. The fourth-order valence-electron chi connectivity index (χ4n) is 1.94. The van der Waals surface area contributed by atoms with E-state index in [4.69, 9.17) is 15.0 Å². The molecule has 0 atom stereocenters. The van der Waals surface area contributed by atoms with Crippen LogP contribution in [-0.2, 0) is 16.8 Å². The number of aromatic nitrogens is 2. The summed E-state index contributed by atoms with van der Waals surface area (Å²) in [6.07, 6.45) is 4.31. The predicted molar refractivity (Wildman–Crippen MR) is 58.8 cm³/mol. The van der Waals surface area contributed by atoms with E-state index < -0.39 is 0 Å². The summed E-state index contributed by atoms with van der Waals surface area (Å²) in [4.78, 5) is 4.36. The van der Waals surface area contributed by atoms with Gasteiger partial charge in [0.15, 0.2) is 5.82 Å². The molecule has 1 aliphatic carbocycles. The van der Waals surface area contributed by atoms with Crippen LogP contribution < -0.4 is 5.73 Å². The number of nitrogens with zero attached hydrogens (tertiary/aromatic N) is 2. The van der Waals surface area contributed by atoms with E-state index in [0.29, 0.717) is 24.9 Å². The molecule has 0 unspecified atom stereocenters. The SMILES string of the molecule is CCCOCc1noc(C2(CN)CCC2)n1. The highest BCUT2D eigenvalue weighted by Crippen LogP contribution is 2.41. The Morgan fingerprint density at radius 3 is 2.88 bits per heavy atom. The first kappa shape index (κ1) is 11.5. The van der Waals surface area contributed by atoms with E-state index in [0.717, 1.165) is 25.9 Å². The highest BCUT2D eigenvalue weighted by atomic mass is 16.5. The van der Waals surface area contributed by atoms with Crippen molar-refractivity contribution >= 4 is 0 Å². The Hall–Kier alpha value is -0.940. The fourth-order valence-corrected chi connectivity index (χ4v) is 1.94. The molecule has 0 bridgehead atoms. The highest BCUT2D eigenvalue weighted by molar-refractivity contribution is 5.11. The normalized spacial score (nSPS) is 18.4. The maximum absolute atomic E-state index is 5.77. The number of hydrogen-bond acceptors (Lipinski definition) is 5. The van der Waals surface area contributed by atoms with Crippen LogP contribution in [0, 0.1) is 0 Å². The summed E-state index contributed by atoms with van der Waals surface area (Å²) in [6.45, 7) is 3.81. The molecule has 1 saturated carbocycles. The van der Waals surface area contributed by atoms with Crippen molar-refractivity contribution in [2.75, 3.05) is 13.2 Å². The summed E-state index contributed by atoms with van der Waals surface area (Å²) < 4.78 is 10.6. The highest BCUT2D eigenvalue weighted by Gasteiger charge is 2.42. The minimum absolute atomic E-state index is 0.0456. The van der Waals surface area contributed by atoms with Gasteiger partial charge in [-0.05, 0) is 19.3 Å². The molecule has 0 aliphatic heterocycles. The lowest BCUT2D eigenvalue weighted by atomic mass is 9.69. The maximum Gasteiger partial charge on any atom is 0.234 e. The molecule has 0 amide bonds. The van der Waals surface area contributed by atoms with E-state index in [2.05, 4.69) is 17.1 Å². The van der Waals surface area contributed by atoms with Crippen LogP contribution in [0.25, 0.3) is 0 Å². The van der Waals surface area contributed by atoms with Crippen molar-refractivity contribution in [1.82, 2.24) is 10.1 Å². The van der Waals surface area contributed by atoms with E-state index in [1.54, 1.807) is 0 Å². The molecular weight excluding hydrogens is 206 g/mol. The van der Waals surface area contributed by atoms with Crippen LogP contribution in [-0.4, -0.2) is 23.3 Å². The smallest absolute Gasteiger partial charge is 0.234 e. The minimum Gasteiger partial charge on any atom is -0.373 e. The molecule has 90 valence electrons. The average molecular weight is 225 g/mol. The lowest BCUT2D eigenvalue weighted by molar-refractivity contribution is 0.114. The predicted octanol–water partition coefficient (Wildman–Crippen LogP) is 1.38. The quantitative estimate of drug-likeness (QED) is 0.740. The molecule has 0 aromatic carbocycles. The Balaban J connectivity index is 1.96. The molecule has 5 nitrogen and oxygen atoms in total. The zero-order chi connectivity index (χ0) is 11.4. The largest absolute Gasteiger partial charge is 0.373 e. The second-order valence-corrected chi connectivity index (χ2v) is 4.41. The van der Waals surface area contributed by atoms with Gasteiger partial charge in [0.25, 0.3) is 0 Å². The third-order valence-corrected chi connectivity index (χ3v) is 3.20. The fraction of sp³-hybridized carbons (Fsp3) is 0.818. The number of nitrogens with two attached hydrogens (primary N) is 1. The van der Waals surface area contributed by atoms with Crippen molar-refractivity contribution in [3.8, 4) is 0 Å². The minimum atomic E-state index is -0.0456. The van der Waals surface area contributed by atoms with E-state index >= 15 is 0 Å². The van der Waals surface area contributed by atoms with Crippen LogP contribution in [0.5, 0.6) is 0 Å². The molecule has 1 heterocycles. The van der Waals surface area contributed by atoms with Crippen LogP contribution in [0.15, 0.2) is 4.52 Å². The molecule has 0 saturated heterocycles. The topological polar surface area (TPSA) is 74.2 Å². The molecular formula is C11H19N3O2. The first-order chi connectivity index (χ1) is 7.80. The van der Waals surface area contributed by atoms with Gasteiger partial charge in [-0.15, -0.1) is 0 Å². The van der Waals surface area contributed by atoms with Gasteiger partial charge in [0.2, 0.25) is 5.89 Å². The van der Waals surface area contributed by atoms with Gasteiger partial charge in [-0.25, -0.2) is 0 Å². The number of hydrogen-bond donors (Lipinski definition) is 1. The summed E-state index contributed by atoms with van der Waals surface area (Å²) in [7, 11) is 0. The molecule has 1 fully saturated rings. The lowest BCUT2D eigenvalue weighted by Crippen LogP contribution is -2.41. The van der Waals surface area contributed by atoms with Crippen LogP contribution in [0.3, 0.4) is 0 Å².